The van der Waals surface area contributed by atoms with Crippen molar-refractivity contribution >= 4 is 34.7 Å². The highest BCUT2D eigenvalue weighted by Gasteiger charge is 2.14. The second-order valence-corrected chi connectivity index (χ2v) is 9.35. The fourth-order valence-electron chi connectivity index (χ4n) is 3.23. The van der Waals surface area contributed by atoms with Crippen LogP contribution in [0.3, 0.4) is 0 Å². The average Bonchev–Trinajstić information content (AvgIpc) is 3.29. The van der Waals surface area contributed by atoms with Gasteiger partial charge >= 0.3 is 0 Å². The van der Waals surface area contributed by atoms with Crippen molar-refractivity contribution in [3.8, 4) is 38.4 Å². The summed E-state index contributed by atoms with van der Waals surface area (Å²) in [7, 11) is 4.77. The van der Waals surface area contributed by atoms with Crippen LogP contribution in [0.5, 0.6) is 17.2 Å². The van der Waals surface area contributed by atoms with Crippen molar-refractivity contribution in [3.05, 3.63) is 60.3 Å². The first kappa shape index (κ1) is 24.5. The predicted octanol–water partition coefficient (Wildman–Crippen LogP) is 5.33. The number of hydrogen-bond acceptors (Lipinski definition) is 9. The van der Waals surface area contributed by atoms with E-state index in [1.165, 1.54) is 11.8 Å². The second kappa shape index (κ2) is 11.2. The average molecular weight is 509 g/mol. The second-order valence-electron chi connectivity index (χ2n) is 7.36. The van der Waals surface area contributed by atoms with Gasteiger partial charge in [-0.2, -0.15) is 0 Å². The highest BCUT2D eigenvalue weighted by molar-refractivity contribution is 7.99. The number of nitrogens with one attached hydrogen (secondary N) is 1. The number of anilines is 1. The van der Waals surface area contributed by atoms with E-state index in [1.807, 2.05) is 43.3 Å². The molecule has 2 aromatic carbocycles. The zero-order valence-corrected chi connectivity index (χ0v) is 21.3. The molecule has 0 unspecified atom stereocenters. The summed E-state index contributed by atoms with van der Waals surface area (Å²) in [5, 5.41) is 13.1. The van der Waals surface area contributed by atoms with Crippen molar-refractivity contribution in [2.45, 2.75) is 11.9 Å². The number of carbonyl (C=O) groups excluding carboxylic acids is 1. The summed E-state index contributed by atoms with van der Waals surface area (Å²) < 4.78 is 15.7. The zero-order valence-electron chi connectivity index (χ0n) is 19.7. The van der Waals surface area contributed by atoms with Crippen LogP contribution in [0.25, 0.3) is 21.1 Å². The standard InChI is InChI=1S/C25H24N4O4S2/c1-15-24(35-25(26-15)16-5-7-18(31-2)8-6-16)21-9-10-23(29-28-21)34-14-22(30)27-17-11-19(32-3)13-20(12-17)33-4/h5-13H,14H2,1-4H3,(H,27,30). The van der Waals surface area contributed by atoms with E-state index in [2.05, 4.69) is 15.5 Å². The maximum atomic E-state index is 12.4. The molecule has 2 aromatic heterocycles. The number of methoxy groups -OCH3 is 3. The van der Waals surface area contributed by atoms with Gasteiger partial charge in [0.25, 0.3) is 0 Å². The summed E-state index contributed by atoms with van der Waals surface area (Å²) >= 11 is 2.87. The van der Waals surface area contributed by atoms with Gasteiger partial charge in [-0.15, -0.1) is 21.5 Å². The summed E-state index contributed by atoms with van der Waals surface area (Å²) in [6.45, 7) is 1.96. The Morgan fingerprint density at radius 3 is 2.20 bits per heavy atom. The minimum Gasteiger partial charge on any atom is -0.497 e. The van der Waals surface area contributed by atoms with Gasteiger partial charge in [-0.25, -0.2) is 4.98 Å². The summed E-state index contributed by atoms with van der Waals surface area (Å²) in [6, 6.07) is 16.8. The number of rotatable bonds is 9. The largest absolute Gasteiger partial charge is 0.497 e. The first-order chi connectivity index (χ1) is 17.0. The zero-order chi connectivity index (χ0) is 24.8. The van der Waals surface area contributed by atoms with Crippen LogP contribution in [0.2, 0.25) is 0 Å². The molecule has 0 atom stereocenters. The molecule has 0 aliphatic rings. The van der Waals surface area contributed by atoms with Crippen molar-refractivity contribution in [1.29, 1.82) is 0 Å². The third-order valence-corrected chi connectivity index (χ3v) is 7.14. The first-order valence-corrected chi connectivity index (χ1v) is 12.4. The van der Waals surface area contributed by atoms with Crippen LogP contribution in [-0.2, 0) is 4.79 Å². The molecule has 0 bridgehead atoms. The first-order valence-electron chi connectivity index (χ1n) is 10.6. The van der Waals surface area contributed by atoms with Crippen molar-refractivity contribution < 1.29 is 19.0 Å². The Labute approximate surface area is 211 Å². The number of hydrogen-bond donors (Lipinski definition) is 1. The predicted molar refractivity (Wildman–Crippen MR) is 139 cm³/mol. The fraction of sp³-hybridized carbons (Fsp3) is 0.200. The normalized spacial score (nSPS) is 10.6. The lowest BCUT2D eigenvalue weighted by atomic mass is 10.2. The van der Waals surface area contributed by atoms with Crippen LogP contribution in [0.1, 0.15) is 5.69 Å². The Kier molecular flexibility index (Phi) is 7.84. The van der Waals surface area contributed by atoms with Gasteiger partial charge in [0.2, 0.25) is 5.91 Å². The Hall–Kier alpha value is -3.63. The lowest BCUT2D eigenvalue weighted by Crippen LogP contribution is -2.14. The molecule has 35 heavy (non-hydrogen) atoms. The van der Waals surface area contributed by atoms with Gasteiger partial charge in [-0.1, -0.05) is 11.8 Å². The smallest absolute Gasteiger partial charge is 0.234 e. The molecule has 0 saturated heterocycles. The number of ether oxygens (including phenoxy) is 3. The van der Waals surface area contributed by atoms with Crippen LogP contribution in [0.4, 0.5) is 5.69 Å². The van der Waals surface area contributed by atoms with Crippen LogP contribution < -0.4 is 19.5 Å². The number of carbonyl (C=O) groups is 1. The van der Waals surface area contributed by atoms with Gasteiger partial charge in [0.05, 0.1) is 37.7 Å². The highest BCUT2D eigenvalue weighted by Crippen LogP contribution is 2.35. The molecule has 0 aliphatic heterocycles. The van der Waals surface area contributed by atoms with E-state index in [4.69, 9.17) is 19.2 Å². The number of amides is 1. The number of thioether (sulfide) groups is 1. The minimum absolute atomic E-state index is 0.168. The molecule has 0 radical (unpaired) electrons. The summed E-state index contributed by atoms with van der Waals surface area (Å²) in [6.07, 6.45) is 0. The van der Waals surface area contributed by atoms with E-state index in [0.29, 0.717) is 22.2 Å². The number of nitrogens with zero attached hydrogens (tertiary/aromatic N) is 3. The number of aromatic nitrogens is 3. The highest BCUT2D eigenvalue weighted by atomic mass is 32.2. The number of thiazole rings is 1. The molecule has 1 N–H and O–H groups in total. The lowest BCUT2D eigenvalue weighted by Gasteiger charge is -2.09. The molecule has 0 spiro atoms. The lowest BCUT2D eigenvalue weighted by molar-refractivity contribution is -0.113. The van der Waals surface area contributed by atoms with E-state index >= 15 is 0 Å². The van der Waals surface area contributed by atoms with Gasteiger partial charge in [-0.3, -0.25) is 4.79 Å². The van der Waals surface area contributed by atoms with Gasteiger partial charge in [0, 0.05) is 29.4 Å². The van der Waals surface area contributed by atoms with Gasteiger partial charge < -0.3 is 19.5 Å². The van der Waals surface area contributed by atoms with E-state index in [-0.39, 0.29) is 11.7 Å². The Morgan fingerprint density at radius 2 is 1.60 bits per heavy atom. The van der Waals surface area contributed by atoms with Crippen LogP contribution in [-0.4, -0.2) is 48.2 Å². The number of benzene rings is 2. The Morgan fingerprint density at radius 1 is 0.914 bits per heavy atom. The quantitative estimate of drug-likeness (QED) is 0.303. The fourth-order valence-corrected chi connectivity index (χ4v) is 4.88. The molecule has 0 saturated carbocycles. The van der Waals surface area contributed by atoms with E-state index < -0.39 is 0 Å². The minimum atomic E-state index is -0.168. The number of aryl methyl sites for hydroxylation is 1. The van der Waals surface area contributed by atoms with Crippen molar-refractivity contribution in [1.82, 2.24) is 15.2 Å². The third-order valence-electron chi connectivity index (χ3n) is 4.99. The van der Waals surface area contributed by atoms with E-state index in [9.17, 15) is 4.79 Å². The van der Waals surface area contributed by atoms with Gasteiger partial charge in [-0.05, 0) is 43.3 Å². The van der Waals surface area contributed by atoms with E-state index in [1.54, 1.807) is 50.9 Å². The molecular weight excluding hydrogens is 484 g/mol. The summed E-state index contributed by atoms with van der Waals surface area (Å²) in [5.41, 5.74) is 3.26. The third kappa shape index (κ3) is 6.09. The monoisotopic (exact) mass is 508 g/mol. The van der Waals surface area contributed by atoms with Crippen molar-refractivity contribution in [3.63, 3.8) is 0 Å². The van der Waals surface area contributed by atoms with Crippen LogP contribution >= 0.6 is 23.1 Å². The molecule has 0 aliphatic carbocycles. The molecule has 2 heterocycles. The van der Waals surface area contributed by atoms with Gasteiger partial charge in [0.15, 0.2) is 0 Å². The maximum absolute atomic E-state index is 12.4. The molecule has 0 fully saturated rings. The molecule has 180 valence electrons. The Bertz CT molecular complexity index is 1290. The summed E-state index contributed by atoms with van der Waals surface area (Å²) in [4.78, 5) is 18.1. The van der Waals surface area contributed by atoms with Crippen LogP contribution in [0, 0.1) is 6.92 Å². The molecule has 4 aromatic rings. The topological polar surface area (TPSA) is 95.5 Å². The van der Waals surface area contributed by atoms with Gasteiger partial charge in [0.1, 0.15) is 33.0 Å². The SMILES string of the molecule is COc1ccc(-c2nc(C)c(-c3ccc(SCC(=O)Nc4cc(OC)cc(OC)c4)nn3)s2)cc1. The molecule has 8 nitrogen and oxygen atoms in total. The molecular formula is C25H24N4O4S2. The Balaban J connectivity index is 1.39. The van der Waals surface area contributed by atoms with E-state index in [0.717, 1.165) is 32.6 Å². The van der Waals surface area contributed by atoms with Crippen molar-refractivity contribution in [2.24, 2.45) is 0 Å². The molecule has 4 rings (SSSR count). The maximum Gasteiger partial charge on any atom is 0.234 e. The molecule has 1 amide bonds. The van der Waals surface area contributed by atoms with Crippen LogP contribution in [0.15, 0.2) is 59.6 Å². The van der Waals surface area contributed by atoms with Crippen molar-refractivity contribution in [2.75, 3.05) is 32.4 Å². The molecule has 10 heteroatoms. The summed E-state index contributed by atoms with van der Waals surface area (Å²) in [5.74, 6) is 2.02.